The summed E-state index contributed by atoms with van der Waals surface area (Å²) >= 11 is 0. The summed E-state index contributed by atoms with van der Waals surface area (Å²) in [6, 6.07) is 29.1. The predicted octanol–water partition coefficient (Wildman–Crippen LogP) is 15.8. The molecule has 0 bridgehead atoms. The Morgan fingerprint density at radius 2 is 0.738 bits per heavy atom. The van der Waals surface area contributed by atoms with Crippen LogP contribution < -0.4 is 9.47 Å². The van der Waals surface area contributed by atoms with E-state index >= 15 is 8.78 Å². The van der Waals surface area contributed by atoms with E-state index in [1.165, 1.54) is 24.3 Å². The van der Waals surface area contributed by atoms with E-state index in [1.807, 2.05) is 52.0 Å². The Balaban J connectivity index is 1.32. The SMILES string of the molecule is Cc1cc(-c2cc(F)ccc2O[C@H](C)C[C@H](C)Oc2ccc(F)cc2-c2cc(C)cc(-c3c(C(C)C)cccc3C(C)C)c2O)c(O)c(-c2c(C(C)C)cccc2C(C)C)c1. The first-order chi connectivity index (χ1) is 28.9. The number of phenolic OH excluding ortho intramolecular Hbond substituents is 2. The van der Waals surface area contributed by atoms with Crippen molar-refractivity contribution in [2.24, 2.45) is 0 Å². The standard InChI is InChI=1S/C55H62F2O4/c1-30(2)40-15-13-16-41(31(3)4)52(40)48-25-34(9)23-46(54(48)58)44-28-38(56)19-21-50(44)60-36(11)27-37(12)61-51-22-20-39(57)29-45(51)47-24-35(10)26-49(55(47)59)53-42(32(5)6)17-14-18-43(53)33(7)8/h13-26,28-33,36-37,58-59H,27H2,1-12H3/t36-,37+. The van der Waals surface area contributed by atoms with Gasteiger partial charge in [-0.1, -0.05) is 91.8 Å². The van der Waals surface area contributed by atoms with E-state index in [9.17, 15) is 10.2 Å². The van der Waals surface area contributed by atoms with Crippen LogP contribution in [0.1, 0.15) is 133 Å². The molecule has 0 aromatic heterocycles. The maximum Gasteiger partial charge on any atom is 0.131 e. The number of phenols is 2. The van der Waals surface area contributed by atoms with Crippen molar-refractivity contribution in [3.8, 4) is 67.5 Å². The molecular weight excluding hydrogens is 763 g/mol. The van der Waals surface area contributed by atoms with Crippen molar-refractivity contribution >= 4 is 0 Å². The second-order valence-electron chi connectivity index (χ2n) is 18.0. The monoisotopic (exact) mass is 824 g/mol. The van der Waals surface area contributed by atoms with E-state index in [4.69, 9.17) is 9.47 Å². The summed E-state index contributed by atoms with van der Waals surface area (Å²) in [7, 11) is 0. The van der Waals surface area contributed by atoms with E-state index in [1.54, 1.807) is 12.1 Å². The van der Waals surface area contributed by atoms with Gasteiger partial charge in [0.2, 0.25) is 0 Å². The molecule has 4 nitrogen and oxygen atoms in total. The number of aromatic hydroxyl groups is 2. The summed E-state index contributed by atoms with van der Waals surface area (Å²) in [5, 5.41) is 24.2. The smallest absolute Gasteiger partial charge is 0.131 e. The number of ether oxygens (including phenoxy) is 2. The van der Waals surface area contributed by atoms with Crippen LogP contribution in [0.5, 0.6) is 23.0 Å². The van der Waals surface area contributed by atoms with Crippen LogP contribution >= 0.6 is 0 Å². The molecule has 6 aromatic carbocycles. The lowest BCUT2D eigenvalue weighted by atomic mass is 9.83. The molecule has 2 atom stereocenters. The molecule has 0 unspecified atom stereocenters. The molecule has 0 aliphatic carbocycles. The van der Waals surface area contributed by atoms with Gasteiger partial charge in [0.1, 0.15) is 34.6 Å². The molecule has 0 saturated carbocycles. The van der Waals surface area contributed by atoms with Gasteiger partial charge in [-0.25, -0.2) is 8.78 Å². The molecule has 6 aromatic rings. The molecule has 0 amide bonds. The summed E-state index contributed by atoms with van der Waals surface area (Å²) in [6.07, 6.45) is -0.405. The summed E-state index contributed by atoms with van der Waals surface area (Å²) in [5.41, 5.74) is 11.7. The van der Waals surface area contributed by atoms with Crippen molar-refractivity contribution in [1.29, 1.82) is 0 Å². The van der Waals surface area contributed by atoms with E-state index in [0.29, 0.717) is 51.3 Å². The van der Waals surface area contributed by atoms with E-state index < -0.39 is 23.8 Å². The zero-order valence-electron chi connectivity index (χ0n) is 37.9. The Morgan fingerprint density at radius 3 is 1.05 bits per heavy atom. The lowest BCUT2D eigenvalue weighted by Crippen LogP contribution is -2.23. The Bertz CT molecular complexity index is 2300. The molecule has 0 fully saturated rings. The van der Waals surface area contributed by atoms with Crippen molar-refractivity contribution < 1.29 is 28.5 Å². The van der Waals surface area contributed by atoms with Crippen molar-refractivity contribution in [1.82, 2.24) is 0 Å². The fourth-order valence-corrected chi connectivity index (χ4v) is 8.70. The van der Waals surface area contributed by atoms with Crippen LogP contribution in [0.3, 0.4) is 0 Å². The Labute approximate surface area is 362 Å². The summed E-state index contributed by atoms with van der Waals surface area (Å²) in [4.78, 5) is 0. The van der Waals surface area contributed by atoms with Crippen molar-refractivity contribution in [3.63, 3.8) is 0 Å². The molecule has 6 rings (SSSR count). The third-order valence-corrected chi connectivity index (χ3v) is 11.6. The summed E-state index contributed by atoms with van der Waals surface area (Å²) in [6.45, 7) is 25.0. The number of hydrogen-bond acceptors (Lipinski definition) is 4. The van der Waals surface area contributed by atoms with Crippen LogP contribution in [0.25, 0.3) is 44.5 Å². The van der Waals surface area contributed by atoms with Crippen LogP contribution in [0.15, 0.2) is 97.1 Å². The molecule has 0 spiro atoms. The fraction of sp³-hybridized carbons (Fsp3) is 0.345. The number of halogens is 2. The number of hydrogen-bond donors (Lipinski definition) is 2. The number of benzene rings is 6. The van der Waals surface area contributed by atoms with Gasteiger partial charge in [-0.2, -0.15) is 0 Å². The van der Waals surface area contributed by atoms with Crippen molar-refractivity contribution in [2.75, 3.05) is 0 Å². The van der Waals surface area contributed by atoms with Crippen LogP contribution in [0.2, 0.25) is 0 Å². The topological polar surface area (TPSA) is 58.9 Å². The molecule has 61 heavy (non-hydrogen) atoms. The molecule has 0 aliphatic heterocycles. The minimum Gasteiger partial charge on any atom is -0.507 e. The summed E-state index contributed by atoms with van der Waals surface area (Å²) < 4.78 is 43.3. The highest BCUT2D eigenvalue weighted by molar-refractivity contribution is 5.89. The normalized spacial score (nSPS) is 12.8. The second-order valence-corrected chi connectivity index (χ2v) is 18.0. The largest absolute Gasteiger partial charge is 0.507 e. The second kappa shape index (κ2) is 18.6. The molecule has 0 saturated heterocycles. The van der Waals surface area contributed by atoms with Crippen LogP contribution in [-0.4, -0.2) is 22.4 Å². The highest BCUT2D eigenvalue weighted by atomic mass is 19.1. The molecular formula is C55H62F2O4. The average molecular weight is 825 g/mol. The van der Waals surface area contributed by atoms with Crippen LogP contribution in [0, 0.1) is 25.5 Å². The lowest BCUT2D eigenvalue weighted by Gasteiger charge is -2.25. The Morgan fingerprint density at radius 1 is 0.426 bits per heavy atom. The van der Waals surface area contributed by atoms with Gasteiger partial charge in [-0.3, -0.25) is 0 Å². The van der Waals surface area contributed by atoms with Gasteiger partial charge < -0.3 is 19.7 Å². The molecule has 0 radical (unpaired) electrons. The van der Waals surface area contributed by atoms with Crippen molar-refractivity contribution in [3.05, 3.63) is 142 Å². The molecule has 0 aliphatic rings. The van der Waals surface area contributed by atoms with Crippen LogP contribution in [-0.2, 0) is 0 Å². The zero-order chi connectivity index (χ0) is 44.4. The Hall–Kier alpha value is -5.62. The van der Waals surface area contributed by atoms with Crippen molar-refractivity contribution in [2.45, 2.75) is 125 Å². The molecule has 6 heteroatoms. The van der Waals surface area contributed by atoms with E-state index in [2.05, 4.69) is 91.8 Å². The highest BCUT2D eigenvalue weighted by Gasteiger charge is 2.26. The number of rotatable bonds is 14. The molecule has 2 N–H and O–H groups in total. The zero-order valence-corrected chi connectivity index (χ0v) is 37.9. The van der Waals surface area contributed by atoms with Gasteiger partial charge >= 0.3 is 0 Å². The van der Waals surface area contributed by atoms with Crippen LogP contribution in [0.4, 0.5) is 8.78 Å². The third kappa shape index (κ3) is 9.64. The van der Waals surface area contributed by atoms with Gasteiger partial charge in [-0.05, 0) is 157 Å². The number of aryl methyl sites for hydroxylation is 2. The molecule has 320 valence electrons. The third-order valence-electron chi connectivity index (χ3n) is 11.6. The van der Waals surface area contributed by atoms with Gasteiger partial charge in [0, 0.05) is 39.8 Å². The highest BCUT2D eigenvalue weighted by Crippen LogP contribution is 2.49. The van der Waals surface area contributed by atoms with E-state index in [-0.39, 0.29) is 35.2 Å². The minimum absolute atomic E-state index is 0.0694. The maximum atomic E-state index is 15.1. The van der Waals surface area contributed by atoms with Gasteiger partial charge in [0.25, 0.3) is 0 Å². The quantitative estimate of drug-likeness (QED) is 0.115. The van der Waals surface area contributed by atoms with Gasteiger partial charge in [-0.15, -0.1) is 0 Å². The average Bonchev–Trinajstić information content (AvgIpc) is 3.20. The van der Waals surface area contributed by atoms with E-state index in [0.717, 1.165) is 44.5 Å². The lowest BCUT2D eigenvalue weighted by molar-refractivity contribution is 0.131. The first-order valence-corrected chi connectivity index (χ1v) is 21.7. The predicted molar refractivity (Wildman–Crippen MR) is 249 cm³/mol. The minimum atomic E-state index is -0.445. The fourth-order valence-electron chi connectivity index (χ4n) is 8.70. The summed E-state index contributed by atoms with van der Waals surface area (Å²) in [5.74, 6) is 0.959. The Kier molecular flexibility index (Phi) is 13.7. The maximum absolute atomic E-state index is 15.1. The van der Waals surface area contributed by atoms with Gasteiger partial charge in [0.15, 0.2) is 0 Å². The first-order valence-electron chi connectivity index (χ1n) is 21.7. The first kappa shape index (κ1) is 44.9. The molecule has 0 heterocycles. The van der Waals surface area contributed by atoms with Gasteiger partial charge in [0.05, 0.1) is 12.2 Å².